The number of nitrogens with one attached hydrogen (secondary N) is 4. The van der Waals surface area contributed by atoms with E-state index >= 15 is 4.39 Å². The van der Waals surface area contributed by atoms with Crippen molar-refractivity contribution in [1.29, 1.82) is 0 Å². The van der Waals surface area contributed by atoms with E-state index in [0.29, 0.717) is 57.0 Å². The van der Waals surface area contributed by atoms with Crippen LogP contribution in [0, 0.1) is 17.6 Å². The second-order valence-electron chi connectivity index (χ2n) is 11.0. The van der Waals surface area contributed by atoms with Crippen LogP contribution in [0.4, 0.5) is 20.2 Å². The number of carbonyl (C=O) groups excluding carboxylic acids is 1. The van der Waals surface area contributed by atoms with Crippen LogP contribution in [0.25, 0.3) is 55.8 Å². The number of halogens is 2. The van der Waals surface area contributed by atoms with E-state index in [2.05, 4.69) is 40.8 Å². The lowest BCUT2D eigenvalue weighted by Gasteiger charge is -2.12. The highest BCUT2D eigenvalue weighted by molar-refractivity contribution is 5.98. The number of benzene rings is 1. The normalized spacial score (nSPS) is 11.6. The summed E-state index contributed by atoms with van der Waals surface area (Å²) in [5.74, 6) is -1.14. The quantitative estimate of drug-likeness (QED) is 0.172. The Morgan fingerprint density at radius 1 is 0.932 bits per heavy atom. The fraction of sp³-hybridized carbons (Fsp3) is 0.226. The monoisotopic (exact) mass is 596 g/mol. The molecule has 224 valence electrons. The molecule has 1 aromatic carbocycles. The zero-order valence-corrected chi connectivity index (χ0v) is 24.5. The molecule has 0 aliphatic carbocycles. The number of nitrogens with zero attached hydrogens (tertiary/aromatic N) is 6. The molecule has 0 atom stereocenters. The largest absolute Gasteiger partial charge is 0.384 e. The Morgan fingerprint density at radius 2 is 1.73 bits per heavy atom. The average Bonchev–Trinajstić information content (AvgIpc) is 3.62. The molecule has 0 saturated carbocycles. The molecule has 0 radical (unpaired) electrons. The molecule has 6 aromatic rings. The number of pyridine rings is 3. The van der Waals surface area contributed by atoms with E-state index in [-0.39, 0.29) is 28.6 Å². The molecule has 44 heavy (non-hydrogen) atoms. The standard InChI is InChI=1S/C31H30F2N10O/c1-16(2)31(44)38-21-9-18(11-34-12-21)27-26(33)25-23(15-37-27)41-42-29(25)30-39-24-14-35-13-22(28(24)40-30)17-7-19(32)10-20(8-17)36-5-6-43(3)4/h7-16,36H,5-6H2,1-4H3,(H,38,44)(H,39,40)(H,41,42). The topological polar surface area (TPSA) is 140 Å². The summed E-state index contributed by atoms with van der Waals surface area (Å²) in [4.78, 5) is 34.9. The molecule has 6 rings (SSSR count). The van der Waals surface area contributed by atoms with Crippen LogP contribution >= 0.6 is 0 Å². The highest BCUT2D eigenvalue weighted by Gasteiger charge is 2.22. The maximum Gasteiger partial charge on any atom is 0.226 e. The van der Waals surface area contributed by atoms with Gasteiger partial charge < -0.3 is 20.5 Å². The van der Waals surface area contributed by atoms with Gasteiger partial charge in [0.25, 0.3) is 0 Å². The molecule has 0 aliphatic heterocycles. The Kier molecular flexibility index (Phi) is 7.70. The van der Waals surface area contributed by atoms with Crippen molar-refractivity contribution in [3.63, 3.8) is 0 Å². The van der Waals surface area contributed by atoms with E-state index in [1.807, 2.05) is 25.1 Å². The molecule has 4 N–H and O–H groups in total. The number of carbonyl (C=O) groups is 1. The minimum atomic E-state index is -0.627. The molecule has 5 heterocycles. The molecule has 0 fully saturated rings. The van der Waals surface area contributed by atoms with Crippen molar-refractivity contribution < 1.29 is 13.6 Å². The molecule has 13 heteroatoms. The first kappa shape index (κ1) is 28.8. The van der Waals surface area contributed by atoms with Crippen LogP contribution < -0.4 is 10.6 Å². The summed E-state index contributed by atoms with van der Waals surface area (Å²) in [5.41, 5.74) is 4.41. The SMILES string of the molecule is CC(C)C(=O)Nc1cncc(-c2ncc3[nH]nc(-c4nc5c(-c6cc(F)cc(NCCN(C)C)c6)cncc5[nH]4)c3c2F)c1. The minimum Gasteiger partial charge on any atom is -0.384 e. The van der Waals surface area contributed by atoms with Gasteiger partial charge in [0.2, 0.25) is 5.91 Å². The van der Waals surface area contributed by atoms with Gasteiger partial charge >= 0.3 is 0 Å². The molecular weight excluding hydrogens is 566 g/mol. The van der Waals surface area contributed by atoms with E-state index in [1.54, 1.807) is 32.3 Å². The number of fused-ring (bicyclic) bond motifs is 2. The molecule has 0 unspecified atom stereocenters. The van der Waals surface area contributed by atoms with E-state index in [0.717, 1.165) is 6.54 Å². The van der Waals surface area contributed by atoms with Gasteiger partial charge in [-0.25, -0.2) is 13.8 Å². The fourth-order valence-corrected chi connectivity index (χ4v) is 4.80. The summed E-state index contributed by atoms with van der Waals surface area (Å²) in [7, 11) is 3.94. The van der Waals surface area contributed by atoms with Crippen LogP contribution in [-0.4, -0.2) is 73.1 Å². The van der Waals surface area contributed by atoms with Crippen LogP contribution in [0.3, 0.4) is 0 Å². The highest BCUT2D eigenvalue weighted by atomic mass is 19.1. The zero-order chi connectivity index (χ0) is 31.0. The zero-order valence-electron chi connectivity index (χ0n) is 24.5. The molecule has 5 aromatic heterocycles. The Hall–Kier alpha value is -5.30. The summed E-state index contributed by atoms with van der Waals surface area (Å²) in [6.45, 7) is 4.99. The summed E-state index contributed by atoms with van der Waals surface area (Å²) in [5, 5.41) is 13.4. The van der Waals surface area contributed by atoms with E-state index in [4.69, 9.17) is 4.98 Å². The third-order valence-electron chi connectivity index (χ3n) is 7.06. The highest BCUT2D eigenvalue weighted by Crippen LogP contribution is 2.35. The lowest BCUT2D eigenvalue weighted by atomic mass is 10.1. The van der Waals surface area contributed by atoms with Crippen molar-refractivity contribution in [2.24, 2.45) is 5.92 Å². The Bertz CT molecular complexity index is 2000. The summed E-state index contributed by atoms with van der Waals surface area (Å²) in [6, 6.07) is 6.33. The number of imidazole rings is 1. The van der Waals surface area contributed by atoms with Crippen molar-refractivity contribution in [2.45, 2.75) is 13.8 Å². The predicted octanol–water partition coefficient (Wildman–Crippen LogP) is 5.47. The number of rotatable bonds is 9. The number of hydrogen-bond donors (Lipinski definition) is 4. The average molecular weight is 597 g/mol. The molecule has 0 bridgehead atoms. The van der Waals surface area contributed by atoms with Gasteiger partial charge in [0.15, 0.2) is 11.6 Å². The van der Waals surface area contributed by atoms with Gasteiger partial charge in [0.05, 0.1) is 46.2 Å². The second-order valence-corrected chi connectivity index (χ2v) is 11.0. The number of aromatic nitrogens is 7. The number of amides is 1. The molecule has 0 aliphatic rings. The minimum absolute atomic E-state index is 0.0424. The first-order valence-electron chi connectivity index (χ1n) is 14.0. The van der Waals surface area contributed by atoms with Crippen LogP contribution in [0.1, 0.15) is 13.8 Å². The maximum atomic E-state index is 16.2. The van der Waals surface area contributed by atoms with Gasteiger partial charge in [-0.15, -0.1) is 0 Å². The lowest BCUT2D eigenvalue weighted by Crippen LogP contribution is -2.20. The summed E-state index contributed by atoms with van der Waals surface area (Å²) in [6.07, 6.45) is 7.67. The van der Waals surface area contributed by atoms with Crippen molar-refractivity contribution in [3.8, 4) is 33.9 Å². The number of anilines is 2. The van der Waals surface area contributed by atoms with Gasteiger partial charge in [0.1, 0.15) is 17.2 Å². The van der Waals surface area contributed by atoms with E-state index in [9.17, 15) is 9.18 Å². The van der Waals surface area contributed by atoms with Gasteiger partial charge in [-0.05, 0) is 43.9 Å². The molecule has 0 spiro atoms. The number of H-pyrrole nitrogens is 2. The molecule has 11 nitrogen and oxygen atoms in total. The smallest absolute Gasteiger partial charge is 0.226 e. The van der Waals surface area contributed by atoms with Gasteiger partial charge in [-0.3, -0.25) is 24.8 Å². The van der Waals surface area contributed by atoms with Crippen LogP contribution in [0.5, 0.6) is 0 Å². The van der Waals surface area contributed by atoms with Crippen molar-refractivity contribution in [2.75, 3.05) is 37.8 Å². The van der Waals surface area contributed by atoms with Crippen molar-refractivity contribution >= 4 is 39.2 Å². The summed E-state index contributed by atoms with van der Waals surface area (Å²) < 4.78 is 30.8. The van der Waals surface area contributed by atoms with Crippen molar-refractivity contribution in [1.82, 2.24) is 40.0 Å². The first-order valence-corrected chi connectivity index (χ1v) is 14.0. The van der Waals surface area contributed by atoms with Gasteiger partial charge in [-0.1, -0.05) is 13.8 Å². The second kappa shape index (κ2) is 11.8. The first-order chi connectivity index (χ1) is 21.2. The Balaban J connectivity index is 1.39. The third kappa shape index (κ3) is 5.69. The fourth-order valence-electron chi connectivity index (χ4n) is 4.80. The molecular formula is C31H30F2N10O. The number of aromatic amines is 2. The number of likely N-dealkylation sites (N-methyl/N-ethyl adjacent to an activating group) is 1. The van der Waals surface area contributed by atoms with Crippen molar-refractivity contribution in [3.05, 3.63) is 66.9 Å². The Morgan fingerprint density at radius 3 is 2.52 bits per heavy atom. The predicted molar refractivity (Wildman–Crippen MR) is 166 cm³/mol. The van der Waals surface area contributed by atoms with Crippen LogP contribution in [-0.2, 0) is 4.79 Å². The van der Waals surface area contributed by atoms with E-state index in [1.165, 1.54) is 30.7 Å². The van der Waals surface area contributed by atoms with Gasteiger partial charge in [0, 0.05) is 48.2 Å². The number of hydrogen-bond acceptors (Lipinski definition) is 8. The Labute approximate surface area is 251 Å². The van der Waals surface area contributed by atoms with Crippen LogP contribution in [0.15, 0.2) is 55.2 Å². The molecule has 0 saturated heterocycles. The third-order valence-corrected chi connectivity index (χ3v) is 7.06. The maximum absolute atomic E-state index is 16.2. The summed E-state index contributed by atoms with van der Waals surface area (Å²) >= 11 is 0. The lowest BCUT2D eigenvalue weighted by molar-refractivity contribution is -0.118. The van der Waals surface area contributed by atoms with E-state index < -0.39 is 11.6 Å². The van der Waals surface area contributed by atoms with Crippen LogP contribution in [0.2, 0.25) is 0 Å². The van der Waals surface area contributed by atoms with Gasteiger partial charge in [-0.2, -0.15) is 5.10 Å². The molecule has 1 amide bonds.